The predicted molar refractivity (Wildman–Crippen MR) is 17.5 cm³/mol. The Morgan fingerprint density at radius 2 is 1.00 bits per heavy atom. The topological polar surface area (TPSA) is 0 Å². The van der Waals surface area contributed by atoms with Gasteiger partial charge in [0, 0.05) is 0 Å². The molecule has 0 N–H and O–H groups in total. The van der Waals surface area contributed by atoms with Crippen LogP contribution in [0.15, 0.2) is 0 Å². The maximum Gasteiger partial charge on any atom is 1.00 e. The summed E-state index contributed by atoms with van der Waals surface area (Å²) < 4.78 is 0. The van der Waals surface area contributed by atoms with Gasteiger partial charge in [0.25, 0.3) is 0 Å². The molecule has 0 heterocycles. The second kappa shape index (κ2) is 29.8. The van der Waals surface area contributed by atoms with Crippen LogP contribution in [0.5, 0.6) is 0 Å². The smallest absolute Gasteiger partial charge is 1.00 e. The van der Waals surface area contributed by atoms with E-state index in [1.165, 1.54) is 0 Å². The summed E-state index contributed by atoms with van der Waals surface area (Å²) in [6.45, 7) is 0. The number of hydrogen-bond donors (Lipinski definition) is 0. The van der Waals surface area contributed by atoms with E-state index in [2.05, 4.69) is 11.6 Å². The molecule has 0 aliphatic carbocycles. The summed E-state index contributed by atoms with van der Waals surface area (Å²) in [4.78, 5) is 0. The molecule has 0 aromatic rings. The van der Waals surface area contributed by atoms with Gasteiger partial charge in [-0.2, -0.15) is 0 Å². The Bertz CT molecular complexity index is 11.5. The van der Waals surface area contributed by atoms with Crippen molar-refractivity contribution in [3.8, 4) is 0 Å². The summed E-state index contributed by atoms with van der Waals surface area (Å²) in [6, 6.07) is 0. The zero-order chi connectivity index (χ0) is 2.71. The Balaban J connectivity index is -0.00000000667. The Morgan fingerprint density at radius 1 is 1.00 bits per heavy atom. The van der Waals surface area contributed by atoms with Crippen LogP contribution < -0.4 is 43.7 Å². The van der Waals surface area contributed by atoms with Gasteiger partial charge in [0.1, 0.15) is 0 Å². The molecular weight excluding hydrogens is 129 g/mol. The average Bonchev–Trinajstić information content (AvgIpc) is 0.918. The zero-order valence-corrected chi connectivity index (χ0v) is 7.00. The van der Waals surface area contributed by atoms with Crippen LogP contribution in [-0.2, 0) is 0 Å². The first-order valence-corrected chi connectivity index (χ1v) is 3.46. The molecule has 0 aromatic carbocycles. The molecule has 0 nitrogen and oxygen atoms in total. The molecule has 0 spiro atoms. The average molecular weight is 135 g/mol. The fourth-order valence-electron chi connectivity index (χ4n) is 0. The summed E-state index contributed by atoms with van der Waals surface area (Å²) in [6.07, 6.45) is 0. The Kier molecular flexibility index (Phi) is 125. The van der Waals surface area contributed by atoms with Gasteiger partial charge in [-0.25, -0.2) is 0 Å². The van der Waals surface area contributed by atoms with Crippen molar-refractivity contribution in [3.63, 3.8) is 0 Å². The maximum atomic E-state index is 2.21. The van der Waals surface area contributed by atoms with E-state index < -0.39 is 0 Å². The minimum atomic E-state index is 0. The van der Waals surface area contributed by atoms with Crippen molar-refractivity contribution in [2.45, 2.75) is 11.6 Å². The Hall–Kier alpha value is 1.71. The van der Waals surface area contributed by atoms with Crippen molar-refractivity contribution in [1.29, 1.82) is 0 Å². The van der Waals surface area contributed by atoms with Crippen LogP contribution in [0.1, 0.15) is 0 Å². The van der Waals surface area contributed by atoms with Crippen molar-refractivity contribution in [2.24, 2.45) is 0 Å². The molecule has 0 aliphatic rings. The summed E-state index contributed by atoms with van der Waals surface area (Å²) in [5.74, 6) is 4.42. The molecule has 0 rings (SSSR count). The van der Waals surface area contributed by atoms with Crippen molar-refractivity contribution < 1.29 is 43.7 Å². The second-order valence-electron chi connectivity index (χ2n) is 0.577. The van der Waals surface area contributed by atoms with E-state index >= 15 is 0 Å². The van der Waals surface area contributed by atoms with Gasteiger partial charge >= 0.3 is 45.7 Å². The number of hydrogen-bond acceptors (Lipinski definition) is 0. The molecule has 0 aliphatic heterocycles. The van der Waals surface area contributed by atoms with Crippen molar-refractivity contribution in [1.82, 2.24) is 0 Å². The molecule has 0 aromatic heterocycles. The third kappa shape index (κ3) is 43.3. The van der Waals surface area contributed by atoms with Crippen molar-refractivity contribution >= 4 is 15.2 Å². The quantitative estimate of drug-likeness (QED) is 0.289. The van der Waals surface area contributed by atoms with Gasteiger partial charge in [-0.15, -0.1) is 0 Å². The van der Waals surface area contributed by atoms with Crippen LogP contribution in [0, 0.1) is 0 Å². The van der Waals surface area contributed by atoms with E-state index in [-0.39, 0.29) is 43.7 Å². The third-order valence-corrected chi connectivity index (χ3v) is 0. The van der Waals surface area contributed by atoms with E-state index in [9.17, 15) is 0 Å². The number of rotatable bonds is 0. The first kappa shape index (κ1) is 25.2. The molecule has 0 bridgehead atoms. The fourth-order valence-corrected chi connectivity index (χ4v) is 0. The third-order valence-electron chi connectivity index (χ3n) is 0. The van der Waals surface area contributed by atoms with Gasteiger partial charge in [0.15, 0.2) is 0 Å². The van der Waals surface area contributed by atoms with Crippen LogP contribution in [0.25, 0.3) is 0 Å². The Labute approximate surface area is 70.2 Å². The van der Waals surface area contributed by atoms with E-state index in [1.54, 1.807) is 0 Å². The zero-order valence-electron chi connectivity index (χ0n) is 4.33. The van der Waals surface area contributed by atoms with Gasteiger partial charge in [-0.05, 0) is 0 Å². The molecule has 0 fully saturated rings. The SMILES string of the molecule is [CH3][Al+][CH3].[Cl-].[Cl-].[Li+]. The maximum absolute atomic E-state index is 2.21. The molecule has 6 heavy (non-hydrogen) atoms. The fraction of sp³-hybridized carbons (Fsp3) is 1.00. The standard InChI is InChI=1S/2CH3.Al.2ClH.Li/h2*1H3;;2*1H;/q;;+1;;;+1/p-2. The minimum absolute atomic E-state index is 0. The van der Waals surface area contributed by atoms with Crippen LogP contribution in [-0.4, -0.2) is 15.2 Å². The van der Waals surface area contributed by atoms with E-state index in [1.807, 2.05) is 0 Å². The van der Waals surface area contributed by atoms with Crippen LogP contribution >= 0.6 is 0 Å². The van der Waals surface area contributed by atoms with Gasteiger partial charge < -0.3 is 24.8 Å². The first-order chi connectivity index (χ1) is 1.41. The molecule has 0 saturated heterocycles. The Morgan fingerprint density at radius 3 is 1.00 bits per heavy atom. The summed E-state index contributed by atoms with van der Waals surface area (Å²) in [5, 5.41) is 0. The normalized spacial score (nSPS) is 1.67. The van der Waals surface area contributed by atoms with E-state index in [0.29, 0.717) is 0 Å². The largest absolute Gasteiger partial charge is 1.00 e. The molecular formula is C2H6AlCl2Li. The van der Waals surface area contributed by atoms with Crippen LogP contribution in [0.4, 0.5) is 0 Å². The van der Waals surface area contributed by atoms with Gasteiger partial charge in [0.05, 0.1) is 0 Å². The van der Waals surface area contributed by atoms with Gasteiger partial charge in [0.2, 0.25) is 0 Å². The molecule has 4 heteroatoms. The minimum Gasteiger partial charge on any atom is -1.00 e. The van der Waals surface area contributed by atoms with Gasteiger partial charge in [-0.1, -0.05) is 0 Å². The molecule has 0 saturated carbocycles. The van der Waals surface area contributed by atoms with Crippen LogP contribution in [0.3, 0.4) is 0 Å². The molecule has 32 valence electrons. The number of halogens is 2. The summed E-state index contributed by atoms with van der Waals surface area (Å²) in [7, 11) is 0. The van der Waals surface area contributed by atoms with E-state index in [4.69, 9.17) is 0 Å². The van der Waals surface area contributed by atoms with E-state index in [0.717, 1.165) is 15.2 Å². The monoisotopic (exact) mass is 134 g/mol. The summed E-state index contributed by atoms with van der Waals surface area (Å²) >= 11 is 0.750. The van der Waals surface area contributed by atoms with Crippen molar-refractivity contribution in [2.75, 3.05) is 0 Å². The molecule has 0 unspecified atom stereocenters. The molecule has 0 radical (unpaired) electrons. The predicted octanol–water partition coefficient (Wildman–Crippen LogP) is -8.20. The van der Waals surface area contributed by atoms with Gasteiger partial charge in [-0.3, -0.25) is 0 Å². The second-order valence-corrected chi connectivity index (χ2v) is 1.73. The van der Waals surface area contributed by atoms with Crippen LogP contribution in [0.2, 0.25) is 11.6 Å². The summed E-state index contributed by atoms with van der Waals surface area (Å²) in [5.41, 5.74) is 0. The first-order valence-electron chi connectivity index (χ1n) is 1.15. The molecule has 0 atom stereocenters. The molecule has 0 amide bonds. The van der Waals surface area contributed by atoms with Crippen molar-refractivity contribution in [3.05, 3.63) is 0 Å².